The monoisotopic (exact) mass is 490 g/mol. The molecule has 2 N–H and O–H groups in total. The van der Waals surface area contributed by atoms with Crippen molar-refractivity contribution >= 4 is 69.9 Å². The second-order valence-electron chi connectivity index (χ2n) is 6.23. The van der Waals surface area contributed by atoms with Crippen LogP contribution in [0.5, 0.6) is 0 Å². The summed E-state index contributed by atoms with van der Waals surface area (Å²) in [5, 5.41) is 6.39. The summed E-state index contributed by atoms with van der Waals surface area (Å²) < 4.78 is 5.10. The van der Waals surface area contributed by atoms with Gasteiger partial charge in [0.1, 0.15) is 0 Å². The number of carbonyl (C=O) groups is 3. The standard InChI is InChI=1S/C20H18Cl4N2O4/c1-11(19(28)26-18-15(23)9-14(22)10-16(18)24)30-17(27)3-2-8-25-20(29)12-4-6-13(21)7-5-12/h4-7,9-11H,2-3,8H2,1H3,(H,25,29)(H,26,28). The van der Waals surface area contributed by atoms with Crippen molar-refractivity contribution in [3.05, 3.63) is 62.1 Å². The highest BCUT2D eigenvalue weighted by Crippen LogP contribution is 2.33. The first-order valence-corrected chi connectivity index (χ1v) is 10.4. The number of rotatable bonds is 8. The summed E-state index contributed by atoms with van der Waals surface area (Å²) in [6.45, 7) is 1.69. The molecule has 160 valence electrons. The molecule has 2 amide bonds. The van der Waals surface area contributed by atoms with E-state index in [9.17, 15) is 14.4 Å². The fourth-order valence-corrected chi connectivity index (χ4v) is 3.37. The van der Waals surface area contributed by atoms with E-state index in [0.29, 0.717) is 22.0 Å². The molecule has 0 aliphatic rings. The average molecular weight is 492 g/mol. The molecule has 0 aliphatic heterocycles. The van der Waals surface area contributed by atoms with Gasteiger partial charge in [0.25, 0.3) is 11.8 Å². The number of hydrogen-bond donors (Lipinski definition) is 2. The molecule has 30 heavy (non-hydrogen) atoms. The topological polar surface area (TPSA) is 84.5 Å². The van der Waals surface area contributed by atoms with Gasteiger partial charge in [0.2, 0.25) is 0 Å². The molecule has 2 aromatic carbocycles. The molecule has 1 atom stereocenters. The number of halogens is 4. The molecule has 0 spiro atoms. The van der Waals surface area contributed by atoms with Gasteiger partial charge in [0.15, 0.2) is 6.10 Å². The van der Waals surface area contributed by atoms with Crippen LogP contribution in [0.2, 0.25) is 20.1 Å². The predicted octanol–water partition coefficient (Wildman–Crippen LogP) is 5.38. The molecule has 0 radical (unpaired) electrons. The van der Waals surface area contributed by atoms with Gasteiger partial charge in [0.05, 0.1) is 15.7 Å². The van der Waals surface area contributed by atoms with Gasteiger partial charge >= 0.3 is 5.97 Å². The highest BCUT2D eigenvalue weighted by atomic mass is 35.5. The van der Waals surface area contributed by atoms with Crippen LogP contribution in [0.1, 0.15) is 30.1 Å². The summed E-state index contributed by atoms with van der Waals surface area (Å²) in [6, 6.07) is 9.30. The number of amides is 2. The van der Waals surface area contributed by atoms with Crippen LogP contribution in [-0.2, 0) is 14.3 Å². The van der Waals surface area contributed by atoms with Gasteiger partial charge in [-0.3, -0.25) is 14.4 Å². The summed E-state index contributed by atoms with van der Waals surface area (Å²) in [5.74, 6) is -1.44. The number of hydrogen-bond acceptors (Lipinski definition) is 4. The van der Waals surface area contributed by atoms with E-state index in [0.717, 1.165) is 0 Å². The van der Waals surface area contributed by atoms with Crippen molar-refractivity contribution < 1.29 is 19.1 Å². The molecule has 0 fully saturated rings. The maximum absolute atomic E-state index is 12.2. The van der Waals surface area contributed by atoms with E-state index < -0.39 is 18.0 Å². The Bertz CT molecular complexity index is 912. The zero-order valence-electron chi connectivity index (χ0n) is 15.8. The van der Waals surface area contributed by atoms with Crippen molar-refractivity contribution in [2.24, 2.45) is 0 Å². The van der Waals surface area contributed by atoms with Gasteiger partial charge in [-0.15, -0.1) is 0 Å². The maximum atomic E-state index is 12.2. The molecule has 2 rings (SSSR count). The fraction of sp³-hybridized carbons (Fsp3) is 0.250. The smallest absolute Gasteiger partial charge is 0.306 e. The van der Waals surface area contributed by atoms with E-state index in [1.54, 1.807) is 24.3 Å². The average Bonchev–Trinajstić information content (AvgIpc) is 2.68. The van der Waals surface area contributed by atoms with Crippen LogP contribution in [0, 0.1) is 0 Å². The Labute approximate surface area is 193 Å². The number of carbonyl (C=O) groups excluding carboxylic acids is 3. The molecule has 1 unspecified atom stereocenters. The van der Waals surface area contributed by atoms with Crippen LogP contribution in [0.15, 0.2) is 36.4 Å². The van der Waals surface area contributed by atoms with Crippen molar-refractivity contribution in [3.8, 4) is 0 Å². The molecule has 6 nitrogen and oxygen atoms in total. The molecule has 0 bridgehead atoms. The predicted molar refractivity (Wildman–Crippen MR) is 119 cm³/mol. The Kier molecular flexibility index (Phi) is 9.24. The van der Waals surface area contributed by atoms with E-state index in [1.807, 2.05) is 0 Å². The van der Waals surface area contributed by atoms with Crippen LogP contribution in [-0.4, -0.2) is 30.4 Å². The maximum Gasteiger partial charge on any atom is 0.306 e. The second kappa shape index (κ2) is 11.4. The lowest BCUT2D eigenvalue weighted by molar-refractivity contribution is -0.153. The van der Waals surface area contributed by atoms with Crippen molar-refractivity contribution in [2.45, 2.75) is 25.9 Å². The van der Waals surface area contributed by atoms with Gasteiger partial charge in [0, 0.05) is 28.6 Å². The van der Waals surface area contributed by atoms with E-state index in [-0.39, 0.29) is 34.6 Å². The van der Waals surface area contributed by atoms with Crippen LogP contribution in [0.25, 0.3) is 0 Å². The Morgan fingerprint density at radius 2 is 1.57 bits per heavy atom. The Morgan fingerprint density at radius 3 is 2.17 bits per heavy atom. The van der Waals surface area contributed by atoms with Crippen molar-refractivity contribution in [1.82, 2.24) is 5.32 Å². The van der Waals surface area contributed by atoms with Crippen molar-refractivity contribution in [1.29, 1.82) is 0 Å². The van der Waals surface area contributed by atoms with Crippen LogP contribution < -0.4 is 10.6 Å². The number of esters is 1. The zero-order valence-corrected chi connectivity index (χ0v) is 18.8. The largest absolute Gasteiger partial charge is 0.453 e. The minimum Gasteiger partial charge on any atom is -0.453 e. The normalized spacial score (nSPS) is 11.5. The molecule has 0 saturated carbocycles. The third-order valence-corrected chi connectivity index (χ3v) is 4.95. The summed E-state index contributed by atoms with van der Waals surface area (Å²) in [7, 11) is 0. The SMILES string of the molecule is CC(OC(=O)CCCNC(=O)c1ccc(Cl)cc1)C(=O)Nc1c(Cl)cc(Cl)cc1Cl. The highest BCUT2D eigenvalue weighted by Gasteiger charge is 2.20. The molecular weight excluding hydrogens is 474 g/mol. The van der Waals surface area contributed by atoms with Crippen molar-refractivity contribution in [2.75, 3.05) is 11.9 Å². The first kappa shape index (κ1) is 24.3. The van der Waals surface area contributed by atoms with Gasteiger partial charge in [-0.2, -0.15) is 0 Å². The lowest BCUT2D eigenvalue weighted by atomic mass is 10.2. The zero-order chi connectivity index (χ0) is 22.3. The van der Waals surface area contributed by atoms with Crippen LogP contribution in [0.3, 0.4) is 0 Å². The quantitative estimate of drug-likeness (QED) is 0.383. The van der Waals surface area contributed by atoms with E-state index in [1.165, 1.54) is 19.1 Å². The number of ether oxygens (including phenoxy) is 1. The molecule has 0 saturated heterocycles. The number of anilines is 1. The summed E-state index contributed by atoms with van der Waals surface area (Å²) in [4.78, 5) is 36.1. The lowest BCUT2D eigenvalue weighted by Gasteiger charge is -2.15. The van der Waals surface area contributed by atoms with Gasteiger partial charge in [-0.25, -0.2) is 0 Å². The Hall–Kier alpha value is -1.99. The Morgan fingerprint density at radius 1 is 0.967 bits per heavy atom. The first-order chi connectivity index (χ1) is 14.2. The molecule has 10 heteroatoms. The van der Waals surface area contributed by atoms with Crippen LogP contribution >= 0.6 is 46.4 Å². The van der Waals surface area contributed by atoms with Crippen LogP contribution in [0.4, 0.5) is 5.69 Å². The molecule has 0 heterocycles. The van der Waals surface area contributed by atoms with Crippen molar-refractivity contribution in [3.63, 3.8) is 0 Å². The number of nitrogens with one attached hydrogen (secondary N) is 2. The highest BCUT2D eigenvalue weighted by molar-refractivity contribution is 6.42. The molecular formula is C20H18Cl4N2O4. The van der Waals surface area contributed by atoms with E-state index >= 15 is 0 Å². The third kappa shape index (κ3) is 7.36. The first-order valence-electron chi connectivity index (χ1n) is 8.86. The summed E-state index contributed by atoms with van der Waals surface area (Å²) >= 11 is 23.6. The molecule has 2 aromatic rings. The minimum absolute atomic E-state index is 0.0287. The van der Waals surface area contributed by atoms with Gasteiger partial charge in [-0.1, -0.05) is 46.4 Å². The van der Waals surface area contributed by atoms with E-state index in [2.05, 4.69) is 10.6 Å². The molecule has 0 aliphatic carbocycles. The summed E-state index contributed by atoms with van der Waals surface area (Å²) in [6.07, 6.45) is -0.688. The third-order valence-electron chi connectivity index (χ3n) is 3.88. The van der Waals surface area contributed by atoms with Gasteiger partial charge < -0.3 is 15.4 Å². The lowest BCUT2D eigenvalue weighted by Crippen LogP contribution is -2.30. The molecule has 0 aromatic heterocycles. The fourth-order valence-electron chi connectivity index (χ4n) is 2.33. The second-order valence-corrected chi connectivity index (χ2v) is 7.92. The summed E-state index contributed by atoms with van der Waals surface area (Å²) in [5.41, 5.74) is 0.646. The van der Waals surface area contributed by atoms with E-state index in [4.69, 9.17) is 51.1 Å². The van der Waals surface area contributed by atoms with Gasteiger partial charge in [-0.05, 0) is 49.7 Å². The Balaban J connectivity index is 1.74. The minimum atomic E-state index is -1.07. The number of benzene rings is 2.